The third-order valence-electron chi connectivity index (χ3n) is 7.60. The van der Waals surface area contributed by atoms with Crippen LogP contribution in [0.1, 0.15) is 50.9 Å². The summed E-state index contributed by atoms with van der Waals surface area (Å²) in [4.78, 5) is 55.5. The second-order valence-corrected chi connectivity index (χ2v) is 12.5. The number of carbonyl (C=O) groups excluding carboxylic acids is 4. The molecule has 4 amide bonds. The van der Waals surface area contributed by atoms with Gasteiger partial charge >= 0.3 is 0 Å². The van der Waals surface area contributed by atoms with Crippen molar-refractivity contribution in [2.75, 3.05) is 26.3 Å². The highest BCUT2D eigenvalue weighted by Gasteiger charge is 2.31. The predicted molar refractivity (Wildman–Crippen MR) is 182 cm³/mol. The van der Waals surface area contributed by atoms with Gasteiger partial charge in [-0.3, -0.25) is 19.2 Å². The van der Waals surface area contributed by atoms with Crippen molar-refractivity contribution in [3.05, 3.63) is 83.1 Å². The Bertz CT molecular complexity index is 1640. The van der Waals surface area contributed by atoms with Gasteiger partial charge in [-0.1, -0.05) is 43.6 Å². The fourth-order valence-electron chi connectivity index (χ4n) is 5.21. The summed E-state index contributed by atoms with van der Waals surface area (Å²) < 4.78 is 31.7. The van der Waals surface area contributed by atoms with Gasteiger partial charge in [0.25, 0.3) is 5.91 Å². The summed E-state index contributed by atoms with van der Waals surface area (Å²) in [7, 11) is 0. The highest BCUT2D eigenvalue weighted by atomic mass is 35.5. The van der Waals surface area contributed by atoms with Gasteiger partial charge < -0.3 is 35.1 Å². The second-order valence-electron chi connectivity index (χ2n) is 12.1. The third kappa shape index (κ3) is 10.8. The van der Waals surface area contributed by atoms with E-state index in [-0.39, 0.29) is 54.4 Å². The topological polar surface area (TPSA) is 135 Å². The zero-order valence-corrected chi connectivity index (χ0v) is 28.7. The lowest BCUT2D eigenvalue weighted by Crippen LogP contribution is -2.54. The summed E-state index contributed by atoms with van der Waals surface area (Å²) in [5.41, 5.74) is 0.171. The first-order chi connectivity index (χ1) is 23.4. The fraction of sp³-hybridized carbons (Fsp3) is 0.389. The van der Waals surface area contributed by atoms with Gasteiger partial charge in [0, 0.05) is 17.6 Å². The van der Waals surface area contributed by atoms with E-state index in [4.69, 9.17) is 25.8 Å². The number of nitrogens with one attached hydrogen (secondary N) is 3. The van der Waals surface area contributed by atoms with Crippen molar-refractivity contribution in [1.29, 1.82) is 0 Å². The molecule has 13 heteroatoms. The van der Waals surface area contributed by atoms with E-state index < -0.39 is 48.1 Å². The molecule has 1 heterocycles. The Balaban J connectivity index is 1.51. The zero-order valence-electron chi connectivity index (χ0n) is 28.0. The summed E-state index contributed by atoms with van der Waals surface area (Å²) in [5.74, 6) is -1.58. The maximum atomic E-state index is 14.1. The molecule has 3 aromatic carbocycles. The van der Waals surface area contributed by atoms with E-state index in [2.05, 4.69) is 16.0 Å². The molecular formula is C36H42ClFN4O7. The van der Waals surface area contributed by atoms with Crippen LogP contribution in [0.4, 0.5) is 4.39 Å². The van der Waals surface area contributed by atoms with E-state index >= 15 is 0 Å². The third-order valence-corrected chi connectivity index (χ3v) is 7.84. The minimum atomic E-state index is -1.31. The van der Waals surface area contributed by atoms with Crippen LogP contribution in [0.5, 0.6) is 23.0 Å². The molecule has 3 atom stereocenters. The molecule has 0 aliphatic carbocycles. The van der Waals surface area contributed by atoms with Gasteiger partial charge in [0.1, 0.15) is 42.6 Å². The number of hydrogen-bond acceptors (Lipinski definition) is 7. The van der Waals surface area contributed by atoms with Crippen LogP contribution in [0.3, 0.4) is 0 Å². The quantitative estimate of drug-likeness (QED) is 0.268. The minimum Gasteiger partial charge on any atom is -0.491 e. The van der Waals surface area contributed by atoms with E-state index in [1.54, 1.807) is 60.4 Å². The van der Waals surface area contributed by atoms with Crippen LogP contribution in [-0.4, -0.2) is 73.0 Å². The molecule has 3 N–H and O–H groups in total. The van der Waals surface area contributed by atoms with E-state index in [1.807, 2.05) is 20.8 Å². The van der Waals surface area contributed by atoms with Crippen LogP contribution in [-0.2, 0) is 14.4 Å². The summed E-state index contributed by atoms with van der Waals surface area (Å²) in [6, 6.07) is 14.2. The lowest BCUT2D eigenvalue weighted by Gasteiger charge is -2.29. The first-order valence-electron chi connectivity index (χ1n) is 16.2. The zero-order chi connectivity index (χ0) is 35.5. The van der Waals surface area contributed by atoms with E-state index in [0.29, 0.717) is 23.7 Å². The Kier molecular flexibility index (Phi) is 13.2. The second kappa shape index (κ2) is 17.5. The highest BCUT2D eigenvalue weighted by Crippen LogP contribution is 2.33. The van der Waals surface area contributed by atoms with Gasteiger partial charge in [0.2, 0.25) is 17.7 Å². The van der Waals surface area contributed by atoms with Crippen LogP contribution in [0.2, 0.25) is 5.02 Å². The van der Waals surface area contributed by atoms with Crippen LogP contribution >= 0.6 is 11.6 Å². The summed E-state index contributed by atoms with van der Waals surface area (Å²) in [6.07, 6.45) is -0.0491. The van der Waals surface area contributed by atoms with Crippen LogP contribution < -0.4 is 30.2 Å². The smallest absolute Gasteiger partial charge is 0.255 e. The van der Waals surface area contributed by atoms with Gasteiger partial charge in [-0.25, -0.2) is 4.39 Å². The molecule has 4 rings (SSSR count). The molecule has 0 radical (unpaired) electrons. The minimum absolute atomic E-state index is 0.0648. The lowest BCUT2D eigenvalue weighted by molar-refractivity contribution is -0.137. The number of hydrogen-bond donors (Lipinski definition) is 3. The van der Waals surface area contributed by atoms with Crippen molar-refractivity contribution < 1.29 is 37.8 Å². The summed E-state index contributed by atoms with van der Waals surface area (Å²) >= 11 is 6.05. The lowest BCUT2D eigenvalue weighted by atomic mass is 10.0. The Morgan fingerprint density at radius 2 is 1.82 bits per heavy atom. The maximum absolute atomic E-state index is 14.1. The van der Waals surface area contributed by atoms with Gasteiger partial charge in [-0.15, -0.1) is 0 Å². The van der Waals surface area contributed by atoms with Gasteiger partial charge in [-0.05, 0) is 68.7 Å². The molecule has 1 aliphatic heterocycles. The number of halogens is 2. The first kappa shape index (κ1) is 37.0. The van der Waals surface area contributed by atoms with Crippen molar-refractivity contribution in [3.8, 4) is 23.0 Å². The van der Waals surface area contributed by atoms with Crippen molar-refractivity contribution >= 4 is 35.2 Å². The number of ether oxygens (including phenoxy) is 3. The van der Waals surface area contributed by atoms with Crippen LogP contribution in [0.25, 0.3) is 0 Å². The van der Waals surface area contributed by atoms with E-state index in [9.17, 15) is 23.6 Å². The molecular weight excluding hydrogens is 655 g/mol. The van der Waals surface area contributed by atoms with Crippen LogP contribution in [0.15, 0.2) is 66.7 Å². The van der Waals surface area contributed by atoms with Crippen molar-refractivity contribution in [3.63, 3.8) is 0 Å². The maximum Gasteiger partial charge on any atom is 0.255 e. The largest absolute Gasteiger partial charge is 0.491 e. The Morgan fingerprint density at radius 3 is 2.55 bits per heavy atom. The van der Waals surface area contributed by atoms with E-state index in [0.717, 1.165) is 0 Å². The molecule has 0 saturated heterocycles. The Labute approximate surface area is 290 Å². The van der Waals surface area contributed by atoms with Crippen molar-refractivity contribution in [1.82, 2.24) is 20.9 Å². The van der Waals surface area contributed by atoms with Crippen LogP contribution in [0, 0.1) is 11.7 Å². The number of rotatable bonds is 10. The monoisotopic (exact) mass is 696 g/mol. The highest BCUT2D eigenvalue weighted by molar-refractivity contribution is 6.30. The Hall–Kier alpha value is -4.84. The molecule has 49 heavy (non-hydrogen) atoms. The number of benzene rings is 3. The normalized spacial score (nSPS) is 17.9. The number of para-hydroxylation sites is 1. The van der Waals surface area contributed by atoms with Gasteiger partial charge in [0.05, 0.1) is 24.6 Å². The van der Waals surface area contributed by atoms with Crippen molar-refractivity contribution in [2.45, 2.75) is 58.7 Å². The summed E-state index contributed by atoms with van der Waals surface area (Å²) in [6.45, 7) is 8.10. The fourth-order valence-corrected chi connectivity index (χ4v) is 5.39. The molecule has 1 aliphatic rings. The SMILES string of the molecule is CCN1CCOc2ccccc2C(=O)N[C@H](C(=O)N[C@H](C)COc2ccc(F)cc2Oc2cccc(Cl)c2)CC(=O)N[C@H](CC(C)C)C1=O. The molecule has 0 spiro atoms. The molecule has 0 unspecified atom stereocenters. The first-order valence-corrected chi connectivity index (χ1v) is 16.6. The predicted octanol–water partition coefficient (Wildman–Crippen LogP) is 5.12. The Morgan fingerprint density at radius 1 is 1.04 bits per heavy atom. The van der Waals surface area contributed by atoms with Crippen molar-refractivity contribution in [2.24, 2.45) is 5.92 Å². The molecule has 3 aromatic rings. The molecule has 11 nitrogen and oxygen atoms in total. The molecule has 262 valence electrons. The number of nitrogens with zero attached hydrogens (tertiary/aromatic N) is 1. The molecule has 0 aromatic heterocycles. The van der Waals surface area contributed by atoms with E-state index in [1.165, 1.54) is 18.2 Å². The molecule has 0 saturated carbocycles. The summed E-state index contributed by atoms with van der Waals surface area (Å²) in [5, 5.41) is 8.68. The average Bonchev–Trinajstić information content (AvgIpc) is 3.05. The standard InChI is InChI=1S/C36H42ClFN4O7/c1-5-42-15-16-47-30-12-7-6-11-27(30)34(44)41-28(20-33(43)40-29(36(42)46)17-22(2)3)35(45)39-23(4)21-48-31-14-13-25(38)19-32(31)49-26-10-8-9-24(37)18-26/h6-14,18-19,22-23,28-29H,5,15-17,20-21H2,1-4H3,(H,39,45)(H,40,43)(H,41,44)/t23-,28+,29-/m1/s1. The number of carbonyl (C=O) groups is 4. The number of likely N-dealkylation sites (N-methyl/N-ethyl adjacent to an activating group) is 1. The van der Waals surface area contributed by atoms with Gasteiger partial charge in [-0.2, -0.15) is 0 Å². The van der Waals surface area contributed by atoms with Gasteiger partial charge in [0.15, 0.2) is 11.5 Å². The number of fused-ring (bicyclic) bond motifs is 1. The average molecular weight is 697 g/mol. The molecule has 0 fully saturated rings. The number of amides is 4. The molecule has 0 bridgehead atoms.